The first kappa shape index (κ1) is 13.4. The van der Waals surface area contributed by atoms with E-state index < -0.39 is 0 Å². The molecule has 2 aromatic heterocycles. The van der Waals surface area contributed by atoms with Crippen molar-refractivity contribution in [2.24, 2.45) is 0 Å². The number of carbonyl (C=O) groups is 1. The summed E-state index contributed by atoms with van der Waals surface area (Å²) in [6, 6.07) is 2.23. The lowest BCUT2D eigenvalue weighted by molar-refractivity contribution is 0.0931. The molecule has 3 heterocycles. The van der Waals surface area contributed by atoms with Gasteiger partial charge < -0.3 is 9.88 Å². The van der Waals surface area contributed by atoms with Gasteiger partial charge in [-0.1, -0.05) is 6.92 Å². The van der Waals surface area contributed by atoms with E-state index in [9.17, 15) is 4.79 Å². The summed E-state index contributed by atoms with van der Waals surface area (Å²) in [5.41, 5.74) is 1.28. The molecule has 1 aliphatic heterocycles. The highest BCUT2D eigenvalue weighted by Crippen LogP contribution is 2.22. The number of amides is 1. The first-order valence-electron chi connectivity index (χ1n) is 7.07. The SMILES string of the molecule is CCc1cc(C(=O)NC2CCc3nccn3C2)sc1C. The van der Waals surface area contributed by atoms with E-state index in [1.807, 2.05) is 18.5 Å². The van der Waals surface area contributed by atoms with E-state index in [-0.39, 0.29) is 11.9 Å². The topological polar surface area (TPSA) is 46.9 Å². The molecular formula is C15H19N3OS. The van der Waals surface area contributed by atoms with E-state index in [0.29, 0.717) is 0 Å². The highest BCUT2D eigenvalue weighted by atomic mass is 32.1. The average Bonchev–Trinajstić information content (AvgIpc) is 3.04. The zero-order valence-electron chi connectivity index (χ0n) is 11.8. The van der Waals surface area contributed by atoms with Gasteiger partial charge in [-0.2, -0.15) is 0 Å². The predicted molar refractivity (Wildman–Crippen MR) is 80.2 cm³/mol. The van der Waals surface area contributed by atoms with Gasteiger partial charge in [-0.25, -0.2) is 4.98 Å². The lowest BCUT2D eigenvalue weighted by atomic mass is 10.1. The molecule has 4 nitrogen and oxygen atoms in total. The number of rotatable bonds is 3. The van der Waals surface area contributed by atoms with Crippen LogP contribution in [0.15, 0.2) is 18.5 Å². The second-order valence-electron chi connectivity index (χ2n) is 5.25. The van der Waals surface area contributed by atoms with Crippen molar-refractivity contribution in [1.82, 2.24) is 14.9 Å². The average molecular weight is 289 g/mol. The third-order valence-corrected chi connectivity index (χ3v) is 4.99. The maximum atomic E-state index is 12.3. The van der Waals surface area contributed by atoms with Crippen LogP contribution in [0.25, 0.3) is 0 Å². The third kappa shape index (κ3) is 2.50. The molecule has 2 aromatic rings. The first-order valence-corrected chi connectivity index (χ1v) is 7.89. The molecule has 0 saturated heterocycles. The smallest absolute Gasteiger partial charge is 0.261 e. The second kappa shape index (κ2) is 5.40. The van der Waals surface area contributed by atoms with E-state index in [2.05, 4.69) is 28.7 Å². The molecule has 0 aromatic carbocycles. The fraction of sp³-hybridized carbons (Fsp3) is 0.467. The van der Waals surface area contributed by atoms with Gasteiger partial charge in [-0.3, -0.25) is 4.79 Å². The minimum atomic E-state index is 0.0614. The Bertz CT molecular complexity index is 629. The monoisotopic (exact) mass is 289 g/mol. The largest absolute Gasteiger partial charge is 0.347 e. The Labute approximate surface area is 122 Å². The van der Waals surface area contributed by atoms with Gasteiger partial charge in [0, 0.05) is 36.3 Å². The number of nitrogens with one attached hydrogen (secondary N) is 1. The lowest BCUT2D eigenvalue weighted by Gasteiger charge is -2.24. The van der Waals surface area contributed by atoms with Gasteiger partial charge in [0.25, 0.3) is 5.91 Å². The zero-order chi connectivity index (χ0) is 14.1. The maximum absolute atomic E-state index is 12.3. The summed E-state index contributed by atoms with van der Waals surface area (Å²) in [6.45, 7) is 5.03. The molecule has 3 rings (SSSR count). The number of fused-ring (bicyclic) bond motifs is 1. The van der Waals surface area contributed by atoms with Crippen LogP contribution in [0.3, 0.4) is 0 Å². The summed E-state index contributed by atoms with van der Waals surface area (Å²) < 4.78 is 2.13. The van der Waals surface area contributed by atoms with Crippen LogP contribution in [0.5, 0.6) is 0 Å². The number of hydrogen-bond donors (Lipinski definition) is 1. The number of nitrogens with zero attached hydrogens (tertiary/aromatic N) is 2. The van der Waals surface area contributed by atoms with Crippen LogP contribution in [-0.2, 0) is 19.4 Å². The van der Waals surface area contributed by atoms with E-state index in [0.717, 1.165) is 36.5 Å². The van der Waals surface area contributed by atoms with Gasteiger partial charge in [0.1, 0.15) is 5.82 Å². The zero-order valence-corrected chi connectivity index (χ0v) is 12.7. The predicted octanol–water partition coefficient (Wildman–Crippen LogP) is 2.56. The highest BCUT2D eigenvalue weighted by molar-refractivity contribution is 7.14. The molecule has 1 atom stereocenters. The van der Waals surface area contributed by atoms with E-state index in [1.165, 1.54) is 10.4 Å². The van der Waals surface area contributed by atoms with Crippen molar-refractivity contribution >= 4 is 17.2 Å². The minimum Gasteiger partial charge on any atom is -0.347 e. The number of carbonyl (C=O) groups excluding carboxylic acids is 1. The van der Waals surface area contributed by atoms with Crippen LogP contribution in [-0.4, -0.2) is 21.5 Å². The molecule has 1 N–H and O–H groups in total. The molecule has 5 heteroatoms. The second-order valence-corrected chi connectivity index (χ2v) is 6.51. The van der Waals surface area contributed by atoms with Gasteiger partial charge in [0.2, 0.25) is 0 Å². The summed E-state index contributed by atoms with van der Waals surface area (Å²) in [5, 5.41) is 3.15. The van der Waals surface area contributed by atoms with Gasteiger partial charge in [-0.05, 0) is 31.4 Å². The fourth-order valence-corrected chi connectivity index (χ4v) is 3.74. The molecule has 1 aliphatic rings. The summed E-state index contributed by atoms with van der Waals surface area (Å²) in [7, 11) is 0. The Kier molecular flexibility index (Phi) is 3.61. The number of hydrogen-bond acceptors (Lipinski definition) is 3. The minimum absolute atomic E-state index is 0.0614. The van der Waals surface area contributed by atoms with Crippen LogP contribution < -0.4 is 5.32 Å². The van der Waals surface area contributed by atoms with Crippen LogP contribution in [0.4, 0.5) is 0 Å². The van der Waals surface area contributed by atoms with Crippen molar-refractivity contribution < 1.29 is 4.79 Å². The third-order valence-electron chi connectivity index (χ3n) is 3.90. The molecule has 106 valence electrons. The summed E-state index contributed by atoms with van der Waals surface area (Å²) in [4.78, 5) is 18.7. The van der Waals surface area contributed by atoms with Crippen LogP contribution >= 0.6 is 11.3 Å². The molecule has 20 heavy (non-hydrogen) atoms. The summed E-state index contributed by atoms with van der Waals surface area (Å²) >= 11 is 1.59. The molecular weight excluding hydrogens is 270 g/mol. The molecule has 1 unspecified atom stereocenters. The Balaban J connectivity index is 1.67. The summed E-state index contributed by atoms with van der Waals surface area (Å²) in [5.74, 6) is 1.18. The van der Waals surface area contributed by atoms with Gasteiger partial charge in [0.05, 0.1) is 4.88 Å². The quantitative estimate of drug-likeness (QED) is 0.944. The molecule has 1 amide bonds. The van der Waals surface area contributed by atoms with Crippen LogP contribution in [0.1, 0.15) is 39.3 Å². The standard InChI is InChI=1S/C15H19N3OS/c1-3-11-8-13(20-10(11)2)15(19)17-12-4-5-14-16-6-7-18(14)9-12/h6-8,12H,3-5,9H2,1-2H3,(H,17,19). The Morgan fingerprint density at radius 1 is 1.60 bits per heavy atom. The van der Waals surface area contributed by atoms with Crippen molar-refractivity contribution in [1.29, 1.82) is 0 Å². The van der Waals surface area contributed by atoms with E-state index in [1.54, 1.807) is 11.3 Å². The van der Waals surface area contributed by atoms with Gasteiger partial charge >= 0.3 is 0 Å². The Morgan fingerprint density at radius 3 is 3.20 bits per heavy atom. The van der Waals surface area contributed by atoms with Crippen LogP contribution in [0, 0.1) is 6.92 Å². The molecule has 0 saturated carbocycles. The van der Waals surface area contributed by atoms with Crippen molar-refractivity contribution in [2.75, 3.05) is 0 Å². The molecule has 0 radical (unpaired) electrons. The fourth-order valence-electron chi connectivity index (χ4n) is 2.72. The van der Waals surface area contributed by atoms with Crippen molar-refractivity contribution in [3.05, 3.63) is 39.6 Å². The number of thiophene rings is 1. The number of aromatic nitrogens is 2. The molecule has 0 fully saturated rings. The summed E-state index contributed by atoms with van der Waals surface area (Å²) in [6.07, 6.45) is 6.70. The van der Waals surface area contributed by atoms with Crippen molar-refractivity contribution in [3.63, 3.8) is 0 Å². The van der Waals surface area contributed by atoms with Crippen molar-refractivity contribution in [2.45, 2.75) is 45.7 Å². The van der Waals surface area contributed by atoms with E-state index in [4.69, 9.17) is 0 Å². The highest BCUT2D eigenvalue weighted by Gasteiger charge is 2.21. The molecule has 0 bridgehead atoms. The first-order chi connectivity index (χ1) is 9.67. The molecule has 0 aliphatic carbocycles. The van der Waals surface area contributed by atoms with Gasteiger partial charge in [-0.15, -0.1) is 11.3 Å². The molecule has 0 spiro atoms. The van der Waals surface area contributed by atoms with Crippen molar-refractivity contribution in [3.8, 4) is 0 Å². The Hall–Kier alpha value is -1.62. The number of aryl methyl sites for hydroxylation is 3. The normalized spacial score (nSPS) is 17.8. The maximum Gasteiger partial charge on any atom is 0.261 e. The lowest BCUT2D eigenvalue weighted by Crippen LogP contribution is -2.40. The van der Waals surface area contributed by atoms with E-state index >= 15 is 0 Å². The number of imidazole rings is 1. The van der Waals surface area contributed by atoms with Gasteiger partial charge in [0.15, 0.2) is 0 Å². The van der Waals surface area contributed by atoms with Crippen LogP contribution in [0.2, 0.25) is 0 Å². The Morgan fingerprint density at radius 2 is 2.45 bits per heavy atom.